The number of hydrogen-bond acceptors (Lipinski definition) is 2. The highest BCUT2D eigenvalue weighted by Crippen LogP contribution is 2.29. The summed E-state index contributed by atoms with van der Waals surface area (Å²) in [5.41, 5.74) is -1.63. The van der Waals surface area contributed by atoms with E-state index in [0.29, 0.717) is 10.8 Å². The molecule has 0 amide bonds. The molecule has 0 saturated carbocycles. The second-order valence-corrected chi connectivity index (χ2v) is 6.74. The zero-order valence-corrected chi connectivity index (χ0v) is 13.0. The summed E-state index contributed by atoms with van der Waals surface area (Å²) in [6, 6.07) is 10.5. The average molecular weight is 373 g/mol. The summed E-state index contributed by atoms with van der Waals surface area (Å²) in [7, 11) is -4.58. The molecule has 0 aliphatic carbocycles. The van der Waals surface area contributed by atoms with Crippen molar-refractivity contribution < 1.29 is 30.4 Å². The fraction of sp³-hybridized carbons (Fsp3) is 0. The van der Waals surface area contributed by atoms with Crippen molar-refractivity contribution in [1.29, 1.82) is 0 Å². The van der Waals surface area contributed by atoms with Gasteiger partial charge in [-0.15, -0.1) is 0 Å². The van der Waals surface area contributed by atoms with E-state index >= 15 is 0 Å². The molecule has 3 nitrogen and oxygen atoms in total. The smallest absolute Gasteiger partial charge is 0.262 e. The Labute approximate surface area is 138 Å². The van der Waals surface area contributed by atoms with E-state index in [-0.39, 0.29) is 0 Å². The highest BCUT2D eigenvalue weighted by molar-refractivity contribution is 7.92. The van der Waals surface area contributed by atoms with Gasteiger partial charge in [0.2, 0.25) is 5.82 Å². The monoisotopic (exact) mass is 373 g/mol. The third-order valence-electron chi connectivity index (χ3n) is 3.48. The molecule has 25 heavy (non-hydrogen) atoms. The SMILES string of the molecule is O=S(=O)(Nc1c(F)c(F)c(F)c(F)c1F)c1ccc2ccccc2c1. The largest absolute Gasteiger partial charge is 0.274 e. The molecule has 0 aromatic heterocycles. The third-order valence-corrected chi connectivity index (χ3v) is 4.82. The van der Waals surface area contributed by atoms with Crippen LogP contribution < -0.4 is 4.72 Å². The van der Waals surface area contributed by atoms with Crippen LogP contribution in [0.3, 0.4) is 0 Å². The van der Waals surface area contributed by atoms with Crippen LogP contribution in [0.4, 0.5) is 27.6 Å². The van der Waals surface area contributed by atoms with E-state index in [4.69, 9.17) is 0 Å². The predicted octanol–water partition coefficient (Wildman–Crippen LogP) is 4.34. The van der Waals surface area contributed by atoms with Gasteiger partial charge in [0.15, 0.2) is 23.3 Å². The van der Waals surface area contributed by atoms with Gasteiger partial charge in [-0.2, -0.15) is 0 Å². The minimum atomic E-state index is -4.58. The summed E-state index contributed by atoms with van der Waals surface area (Å²) in [6.07, 6.45) is 0. The van der Waals surface area contributed by atoms with Gasteiger partial charge in [-0.3, -0.25) is 4.72 Å². The molecule has 3 rings (SSSR count). The molecule has 130 valence electrons. The normalized spacial score (nSPS) is 11.7. The molecule has 0 heterocycles. The van der Waals surface area contributed by atoms with Crippen LogP contribution in [0, 0.1) is 29.1 Å². The lowest BCUT2D eigenvalue weighted by Crippen LogP contribution is -2.17. The predicted molar refractivity (Wildman–Crippen MR) is 81.0 cm³/mol. The Morgan fingerprint density at radius 1 is 0.680 bits per heavy atom. The van der Waals surface area contributed by atoms with Gasteiger partial charge in [-0.1, -0.05) is 30.3 Å². The van der Waals surface area contributed by atoms with Crippen LogP contribution in [0.25, 0.3) is 10.8 Å². The van der Waals surface area contributed by atoms with Crippen LogP contribution in [-0.4, -0.2) is 8.42 Å². The maximum Gasteiger partial charge on any atom is 0.262 e. The number of anilines is 1. The van der Waals surface area contributed by atoms with E-state index in [1.165, 1.54) is 16.9 Å². The van der Waals surface area contributed by atoms with Crippen LogP contribution in [0.5, 0.6) is 0 Å². The summed E-state index contributed by atoms with van der Waals surface area (Å²) in [4.78, 5) is -0.393. The van der Waals surface area contributed by atoms with E-state index in [1.807, 2.05) is 0 Å². The standard InChI is InChI=1S/C16H8F5NO2S/c17-11-12(18)14(20)16(15(21)13(11)19)22-25(23,24)10-6-5-8-3-1-2-4-9(8)7-10/h1-7,22H. The highest BCUT2D eigenvalue weighted by Gasteiger charge is 2.29. The Morgan fingerprint density at radius 3 is 1.80 bits per heavy atom. The number of benzene rings is 3. The number of halogens is 5. The summed E-state index contributed by atoms with van der Waals surface area (Å²) < 4.78 is 92.7. The van der Waals surface area contributed by atoms with Crippen molar-refractivity contribution in [2.75, 3.05) is 4.72 Å². The number of nitrogens with one attached hydrogen (secondary N) is 1. The van der Waals surface area contributed by atoms with Gasteiger partial charge < -0.3 is 0 Å². The van der Waals surface area contributed by atoms with Crippen molar-refractivity contribution in [3.63, 3.8) is 0 Å². The number of rotatable bonds is 3. The molecule has 0 saturated heterocycles. The van der Waals surface area contributed by atoms with Crippen LogP contribution in [-0.2, 0) is 10.0 Å². The van der Waals surface area contributed by atoms with Crippen molar-refractivity contribution in [3.8, 4) is 0 Å². The molecule has 0 spiro atoms. The Morgan fingerprint density at radius 2 is 1.20 bits per heavy atom. The molecule has 1 N–H and O–H groups in total. The lowest BCUT2D eigenvalue weighted by atomic mass is 10.1. The molecule has 0 fully saturated rings. The molecule has 0 bridgehead atoms. The van der Waals surface area contributed by atoms with Crippen molar-refractivity contribution in [2.24, 2.45) is 0 Å². The van der Waals surface area contributed by atoms with Gasteiger partial charge >= 0.3 is 0 Å². The topological polar surface area (TPSA) is 46.2 Å². The van der Waals surface area contributed by atoms with Gasteiger partial charge in [0.05, 0.1) is 4.90 Å². The molecule has 0 aliphatic rings. The highest BCUT2D eigenvalue weighted by atomic mass is 32.2. The molecule has 0 aliphatic heterocycles. The Bertz CT molecular complexity index is 1070. The van der Waals surface area contributed by atoms with Crippen molar-refractivity contribution in [3.05, 3.63) is 71.6 Å². The third kappa shape index (κ3) is 2.91. The molecule has 3 aromatic carbocycles. The van der Waals surface area contributed by atoms with Gasteiger partial charge in [-0.05, 0) is 22.9 Å². The second kappa shape index (κ2) is 5.99. The fourth-order valence-corrected chi connectivity index (χ4v) is 3.32. The molecule has 3 aromatic rings. The number of fused-ring (bicyclic) bond motifs is 1. The van der Waals surface area contributed by atoms with Crippen molar-refractivity contribution >= 4 is 26.5 Å². The average Bonchev–Trinajstić information content (AvgIpc) is 2.61. The van der Waals surface area contributed by atoms with Crippen LogP contribution in [0.15, 0.2) is 47.4 Å². The fourth-order valence-electron chi connectivity index (χ4n) is 2.22. The number of sulfonamides is 1. The van der Waals surface area contributed by atoms with E-state index in [9.17, 15) is 30.4 Å². The van der Waals surface area contributed by atoms with Gasteiger partial charge in [0, 0.05) is 0 Å². The first-order valence-electron chi connectivity index (χ1n) is 6.75. The molecular formula is C16H8F5NO2S. The van der Waals surface area contributed by atoms with E-state index in [0.717, 1.165) is 6.07 Å². The van der Waals surface area contributed by atoms with E-state index in [1.54, 1.807) is 24.3 Å². The Kier molecular flexibility index (Phi) is 4.11. The summed E-state index contributed by atoms with van der Waals surface area (Å²) in [5.74, 6) is -11.4. The van der Waals surface area contributed by atoms with Gasteiger partial charge in [0.25, 0.3) is 10.0 Å². The maximum atomic E-state index is 13.7. The quantitative estimate of drug-likeness (QED) is 0.422. The zero-order chi connectivity index (χ0) is 18.4. The molecule has 0 radical (unpaired) electrons. The van der Waals surface area contributed by atoms with Crippen LogP contribution >= 0.6 is 0 Å². The van der Waals surface area contributed by atoms with Crippen molar-refractivity contribution in [2.45, 2.75) is 4.90 Å². The van der Waals surface area contributed by atoms with Crippen LogP contribution in [0.2, 0.25) is 0 Å². The minimum absolute atomic E-state index is 0.393. The lowest BCUT2D eigenvalue weighted by molar-refractivity contribution is 0.382. The first-order chi connectivity index (χ1) is 11.7. The Hall–Kier alpha value is -2.68. The zero-order valence-electron chi connectivity index (χ0n) is 12.2. The maximum absolute atomic E-state index is 13.7. The first kappa shape index (κ1) is 17.2. The molecule has 0 atom stereocenters. The van der Waals surface area contributed by atoms with Crippen molar-refractivity contribution in [1.82, 2.24) is 0 Å². The Balaban J connectivity index is 2.10. The lowest BCUT2D eigenvalue weighted by Gasteiger charge is -2.12. The van der Waals surface area contributed by atoms with Crippen LogP contribution in [0.1, 0.15) is 0 Å². The second-order valence-electron chi connectivity index (χ2n) is 5.06. The summed E-state index contributed by atoms with van der Waals surface area (Å²) >= 11 is 0. The number of hydrogen-bond donors (Lipinski definition) is 1. The first-order valence-corrected chi connectivity index (χ1v) is 8.24. The van der Waals surface area contributed by atoms with E-state index in [2.05, 4.69) is 0 Å². The summed E-state index contributed by atoms with van der Waals surface area (Å²) in [6.45, 7) is 0. The van der Waals surface area contributed by atoms with E-state index < -0.39 is 49.7 Å². The minimum Gasteiger partial charge on any atom is -0.274 e. The summed E-state index contributed by atoms with van der Waals surface area (Å²) in [5, 5.41) is 1.22. The molecular weight excluding hydrogens is 365 g/mol. The molecule has 0 unspecified atom stereocenters. The molecule has 9 heteroatoms. The van der Waals surface area contributed by atoms with Gasteiger partial charge in [0.1, 0.15) is 5.69 Å². The van der Waals surface area contributed by atoms with Gasteiger partial charge in [-0.25, -0.2) is 30.4 Å².